The van der Waals surface area contributed by atoms with E-state index in [1.807, 2.05) is 36.4 Å². The molecule has 0 aliphatic carbocycles. The van der Waals surface area contributed by atoms with Crippen molar-refractivity contribution < 1.29 is 14.6 Å². The number of amides is 1. The Morgan fingerprint density at radius 2 is 1.52 bits per heavy atom. The Morgan fingerprint density at radius 3 is 2.04 bits per heavy atom. The number of morpholine rings is 1. The molecule has 2 aromatic carbocycles. The number of hydrogen-bond donors (Lipinski definition) is 2. The Balaban J connectivity index is 1.74. The van der Waals surface area contributed by atoms with Crippen molar-refractivity contribution in [3.05, 3.63) is 71.8 Å². The normalized spacial score (nSPS) is 15.7. The first-order valence-corrected chi connectivity index (χ1v) is 8.63. The van der Waals surface area contributed by atoms with Crippen molar-refractivity contribution in [2.24, 2.45) is 0 Å². The van der Waals surface area contributed by atoms with Crippen LogP contribution in [-0.4, -0.2) is 55.3 Å². The summed E-state index contributed by atoms with van der Waals surface area (Å²) in [5.41, 5.74) is -0.580. The minimum absolute atomic E-state index is 0.404. The van der Waals surface area contributed by atoms with E-state index in [1.165, 1.54) is 0 Å². The fourth-order valence-corrected chi connectivity index (χ4v) is 3.07. The highest BCUT2D eigenvalue weighted by Crippen LogP contribution is 2.29. The van der Waals surface area contributed by atoms with Crippen LogP contribution >= 0.6 is 0 Å². The third-order valence-corrected chi connectivity index (χ3v) is 4.53. The predicted molar refractivity (Wildman–Crippen MR) is 96.2 cm³/mol. The largest absolute Gasteiger partial charge is 0.379 e. The number of aliphatic hydroxyl groups is 1. The number of carbonyl (C=O) groups is 1. The van der Waals surface area contributed by atoms with E-state index in [1.54, 1.807) is 24.3 Å². The van der Waals surface area contributed by atoms with Gasteiger partial charge >= 0.3 is 0 Å². The molecule has 1 aliphatic rings. The quantitative estimate of drug-likeness (QED) is 0.834. The minimum atomic E-state index is -1.70. The molecule has 0 radical (unpaired) electrons. The van der Waals surface area contributed by atoms with Gasteiger partial charge in [0.05, 0.1) is 13.2 Å². The number of benzene rings is 2. The standard InChI is InChI=1S/C20H24N2O3/c23-19(21-11-12-22-13-15-25-16-14-22)20(24,17-7-3-1-4-8-17)18-9-5-2-6-10-18/h1-10,24H,11-16H2,(H,21,23). The first kappa shape index (κ1) is 17.6. The van der Waals surface area contributed by atoms with Crippen LogP contribution in [0, 0.1) is 0 Å². The van der Waals surface area contributed by atoms with Crippen LogP contribution in [0.2, 0.25) is 0 Å². The van der Waals surface area contributed by atoms with Crippen LogP contribution in [0.3, 0.4) is 0 Å². The predicted octanol–water partition coefficient (Wildman–Crippen LogP) is 1.37. The summed E-state index contributed by atoms with van der Waals surface area (Å²) in [4.78, 5) is 15.1. The van der Waals surface area contributed by atoms with Gasteiger partial charge in [0.15, 0.2) is 5.60 Å². The van der Waals surface area contributed by atoms with Crippen LogP contribution in [0.5, 0.6) is 0 Å². The van der Waals surface area contributed by atoms with Crippen LogP contribution < -0.4 is 5.32 Å². The molecule has 0 spiro atoms. The van der Waals surface area contributed by atoms with Gasteiger partial charge in [0.2, 0.25) is 0 Å². The van der Waals surface area contributed by atoms with Gasteiger partial charge in [0.25, 0.3) is 5.91 Å². The lowest BCUT2D eigenvalue weighted by Gasteiger charge is -2.30. The van der Waals surface area contributed by atoms with E-state index in [9.17, 15) is 9.90 Å². The Labute approximate surface area is 148 Å². The zero-order valence-electron chi connectivity index (χ0n) is 14.2. The van der Waals surface area contributed by atoms with E-state index in [0.717, 1.165) is 32.8 Å². The lowest BCUT2D eigenvalue weighted by Crippen LogP contribution is -2.48. The summed E-state index contributed by atoms with van der Waals surface area (Å²) < 4.78 is 5.33. The highest BCUT2D eigenvalue weighted by Gasteiger charge is 2.39. The minimum Gasteiger partial charge on any atom is -0.379 e. The second-order valence-electron chi connectivity index (χ2n) is 6.15. The molecular formula is C20H24N2O3. The van der Waals surface area contributed by atoms with Crippen LogP contribution in [0.15, 0.2) is 60.7 Å². The number of nitrogens with one attached hydrogen (secondary N) is 1. The van der Waals surface area contributed by atoms with Gasteiger partial charge in [0.1, 0.15) is 0 Å². The summed E-state index contributed by atoms with van der Waals surface area (Å²) in [6.45, 7) is 4.43. The third-order valence-electron chi connectivity index (χ3n) is 4.53. The highest BCUT2D eigenvalue weighted by atomic mass is 16.5. The SMILES string of the molecule is O=C(NCCN1CCOCC1)C(O)(c1ccccc1)c1ccccc1. The van der Waals surface area contributed by atoms with Crippen molar-refractivity contribution in [3.8, 4) is 0 Å². The van der Waals surface area contributed by atoms with Crippen molar-refractivity contribution >= 4 is 5.91 Å². The molecular weight excluding hydrogens is 316 g/mol. The first-order valence-electron chi connectivity index (χ1n) is 8.63. The number of carbonyl (C=O) groups excluding carboxylic acids is 1. The van der Waals surface area contributed by atoms with E-state index in [4.69, 9.17) is 4.74 Å². The van der Waals surface area contributed by atoms with Gasteiger partial charge in [0, 0.05) is 26.2 Å². The molecule has 0 bridgehead atoms. The van der Waals surface area contributed by atoms with Gasteiger partial charge in [-0.3, -0.25) is 9.69 Å². The van der Waals surface area contributed by atoms with Gasteiger partial charge in [-0.1, -0.05) is 60.7 Å². The maximum atomic E-state index is 12.9. The number of ether oxygens (including phenoxy) is 1. The summed E-state index contributed by atoms with van der Waals surface area (Å²) in [6.07, 6.45) is 0. The van der Waals surface area contributed by atoms with Crippen LogP contribution in [0.4, 0.5) is 0 Å². The summed E-state index contributed by atoms with van der Waals surface area (Å²) in [5.74, 6) is -0.404. The maximum absolute atomic E-state index is 12.9. The fraction of sp³-hybridized carbons (Fsp3) is 0.350. The third kappa shape index (κ3) is 4.07. The Bertz CT molecular complexity index is 630. The Hall–Kier alpha value is -2.21. The van der Waals surface area contributed by atoms with E-state index >= 15 is 0 Å². The average molecular weight is 340 g/mol. The summed E-state index contributed by atoms with van der Waals surface area (Å²) >= 11 is 0. The summed E-state index contributed by atoms with van der Waals surface area (Å²) in [5, 5.41) is 14.2. The number of nitrogens with zero attached hydrogens (tertiary/aromatic N) is 1. The van der Waals surface area contributed by atoms with E-state index in [-0.39, 0.29) is 0 Å². The molecule has 0 aromatic heterocycles. The lowest BCUT2D eigenvalue weighted by molar-refractivity contribution is -0.136. The molecule has 0 saturated carbocycles. The molecule has 0 unspecified atom stereocenters. The van der Waals surface area contributed by atoms with Crippen LogP contribution in [0.1, 0.15) is 11.1 Å². The molecule has 1 amide bonds. The maximum Gasteiger partial charge on any atom is 0.261 e. The van der Waals surface area contributed by atoms with Gasteiger partial charge in [-0.2, -0.15) is 0 Å². The van der Waals surface area contributed by atoms with E-state index < -0.39 is 11.5 Å². The van der Waals surface area contributed by atoms with Gasteiger partial charge < -0.3 is 15.2 Å². The molecule has 132 valence electrons. The second-order valence-corrected chi connectivity index (χ2v) is 6.15. The van der Waals surface area contributed by atoms with Crippen molar-refractivity contribution in [3.63, 3.8) is 0 Å². The lowest BCUT2D eigenvalue weighted by atomic mass is 9.85. The molecule has 1 fully saturated rings. The molecule has 2 N–H and O–H groups in total. The fourth-order valence-electron chi connectivity index (χ4n) is 3.07. The summed E-state index contributed by atoms with van der Waals surface area (Å²) in [7, 11) is 0. The second kappa shape index (κ2) is 8.25. The molecule has 1 heterocycles. The molecule has 0 atom stereocenters. The van der Waals surface area contributed by atoms with Crippen LogP contribution in [0.25, 0.3) is 0 Å². The monoisotopic (exact) mass is 340 g/mol. The first-order chi connectivity index (χ1) is 12.2. The molecule has 1 saturated heterocycles. The molecule has 5 nitrogen and oxygen atoms in total. The Kier molecular flexibility index (Phi) is 5.81. The molecule has 25 heavy (non-hydrogen) atoms. The van der Waals surface area contributed by atoms with E-state index in [0.29, 0.717) is 17.7 Å². The zero-order chi connectivity index (χ0) is 17.5. The number of hydrogen-bond acceptors (Lipinski definition) is 4. The van der Waals surface area contributed by atoms with Crippen molar-refractivity contribution in [2.75, 3.05) is 39.4 Å². The molecule has 2 aromatic rings. The molecule has 5 heteroatoms. The van der Waals surface area contributed by atoms with Gasteiger partial charge in [-0.25, -0.2) is 0 Å². The zero-order valence-corrected chi connectivity index (χ0v) is 14.2. The summed E-state index contributed by atoms with van der Waals surface area (Å²) in [6, 6.07) is 18.1. The van der Waals surface area contributed by atoms with Crippen LogP contribution in [-0.2, 0) is 15.1 Å². The van der Waals surface area contributed by atoms with E-state index in [2.05, 4.69) is 10.2 Å². The average Bonchev–Trinajstić information content (AvgIpc) is 2.69. The topological polar surface area (TPSA) is 61.8 Å². The van der Waals surface area contributed by atoms with Gasteiger partial charge in [-0.05, 0) is 11.1 Å². The van der Waals surface area contributed by atoms with Crippen molar-refractivity contribution in [2.45, 2.75) is 5.60 Å². The molecule has 1 aliphatic heterocycles. The number of rotatable bonds is 6. The van der Waals surface area contributed by atoms with Gasteiger partial charge in [-0.15, -0.1) is 0 Å². The smallest absolute Gasteiger partial charge is 0.261 e. The highest BCUT2D eigenvalue weighted by molar-refractivity contribution is 5.90. The molecule has 3 rings (SSSR count). The van der Waals surface area contributed by atoms with Crippen molar-refractivity contribution in [1.29, 1.82) is 0 Å². The Morgan fingerprint density at radius 1 is 1.00 bits per heavy atom. The van der Waals surface area contributed by atoms with Crippen molar-refractivity contribution in [1.82, 2.24) is 10.2 Å².